The molecule has 0 spiro atoms. The fourth-order valence-electron chi connectivity index (χ4n) is 1.92. The SMILES string of the molecule is Cc1csc(Nc2[nH+]cc(CO)cc2Oc2ccccc2)n1. The van der Waals surface area contributed by atoms with E-state index >= 15 is 0 Å². The Bertz CT molecular complexity index is 759. The van der Waals surface area contributed by atoms with E-state index in [0.717, 1.165) is 22.1 Å². The number of aromatic nitrogens is 2. The molecule has 3 aromatic rings. The summed E-state index contributed by atoms with van der Waals surface area (Å²) in [6, 6.07) is 11.3. The predicted octanol–water partition coefficient (Wildman–Crippen LogP) is 3.29. The summed E-state index contributed by atoms with van der Waals surface area (Å²) in [7, 11) is 0. The first-order chi connectivity index (χ1) is 10.7. The van der Waals surface area contributed by atoms with Gasteiger partial charge < -0.3 is 9.84 Å². The second-order valence-corrected chi connectivity index (χ2v) is 5.60. The van der Waals surface area contributed by atoms with Gasteiger partial charge in [0.25, 0.3) is 5.13 Å². The third-order valence-corrected chi connectivity index (χ3v) is 3.84. The molecular formula is C16H16N3O2S+. The zero-order valence-electron chi connectivity index (χ0n) is 12.0. The number of benzene rings is 1. The highest BCUT2D eigenvalue weighted by molar-refractivity contribution is 7.13. The van der Waals surface area contributed by atoms with Crippen LogP contribution in [-0.2, 0) is 6.61 Å². The number of hydrogen-bond acceptors (Lipinski definition) is 5. The minimum Gasteiger partial charge on any atom is -0.449 e. The molecule has 0 saturated carbocycles. The number of pyridine rings is 1. The number of thiazole rings is 1. The zero-order valence-corrected chi connectivity index (χ0v) is 12.9. The monoisotopic (exact) mass is 314 g/mol. The van der Waals surface area contributed by atoms with Gasteiger partial charge in [-0.05, 0) is 25.1 Å². The van der Waals surface area contributed by atoms with E-state index in [2.05, 4.69) is 15.3 Å². The van der Waals surface area contributed by atoms with E-state index in [9.17, 15) is 5.11 Å². The Morgan fingerprint density at radius 1 is 1.32 bits per heavy atom. The third kappa shape index (κ3) is 3.41. The van der Waals surface area contributed by atoms with E-state index in [4.69, 9.17) is 4.74 Å². The zero-order chi connectivity index (χ0) is 15.4. The number of H-pyrrole nitrogens is 1. The molecule has 5 nitrogen and oxygen atoms in total. The summed E-state index contributed by atoms with van der Waals surface area (Å²) in [5.74, 6) is 2.02. The number of aliphatic hydroxyl groups is 1. The summed E-state index contributed by atoms with van der Waals surface area (Å²) in [6.07, 6.45) is 1.74. The van der Waals surface area contributed by atoms with Crippen LogP contribution in [0, 0.1) is 6.92 Å². The summed E-state index contributed by atoms with van der Waals surface area (Å²) in [6.45, 7) is 1.89. The second-order valence-electron chi connectivity index (χ2n) is 4.74. The van der Waals surface area contributed by atoms with Gasteiger partial charge in [0.2, 0.25) is 5.75 Å². The summed E-state index contributed by atoms with van der Waals surface area (Å²) in [5.41, 5.74) is 1.71. The molecule has 6 heteroatoms. The lowest BCUT2D eigenvalue weighted by molar-refractivity contribution is -0.362. The maximum Gasteiger partial charge on any atom is 0.322 e. The van der Waals surface area contributed by atoms with Crippen molar-refractivity contribution < 1.29 is 14.8 Å². The molecule has 22 heavy (non-hydrogen) atoms. The summed E-state index contributed by atoms with van der Waals surface area (Å²) in [5, 5.41) is 15.3. The molecular weight excluding hydrogens is 298 g/mol. The Balaban J connectivity index is 1.91. The normalized spacial score (nSPS) is 10.5. The number of anilines is 2. The van der Waals surface area contributed by atoms with Crippen LogP contribution in [0.4, 0.5) is 10.9 Å². The van der Waals surface area contributed by atoms with Gasteiger partial charge in [0.1, 0.15) is 5.75 Å². The lowest BCUT2D eigenvalue weighted by Gasteiger charge is -2.07. The van der Waals surface area contributed by atoms with Gasteiger partial charge in [-0.25, -0.2) is 15.3 Å². The minimum absolute atomic E-state index is 0.0573. The molecule has 0 aliphatic rings. The molecule has 0 unspecified atom stereocenters. The Morgan fingerprint density at radius 3 is 2.82 bits per heavy atom. The van der Waals surface area contributed by atoms with Crippen molar-refractivity contribution in [3.8, 4) is 11.5 Å². The summed E-state index contributed by atoms with van der Waals surface area (Å²) in [4.78, 5) is 7.48. The van der Waals surface area contributed by atoms with Crippen molar-refractivity contribution in [2.45, 2.75) is 13.5 Å². The van der Waals surface area contributed by atoms with Crippen LogP contribution in [0.15, 0.2) is 48.0 Å². The van der Waals surface area contributed by atoms with Gasteiger partial charge >= 0.3 is 5.82 Å². The minimum atomic E-state index is -0.0573. The van der Waals surface area contributed by atoms with Crippen molar-refractivity contribution in [1.82, 2.24) is 4.98 Å². The van der Waals surface area contributed by atoms with Gasteiger partial charge in [-0.3, -0.25) is 0 Å². The van der Waals surface area contributed by atoms with Gasteiger partial charge in [-0.2, -0.15) is 0 Å². The predicted molar refractivity (Wildman–Crippen MR) is 85.6 cm³/mol. The van der Waals surface area contributed by atoms with Crippen LogP contribution in [0.25, 0.3) is 0 Å². The second kappa shape index (κ2) is 6.55. The summed E-state index contributed by atoms with van der Waals surface area (Å²) >= 11 is 1.52. The van der Waals surface area contributed by atoms with E-state index in [-0.39, 0.29) is 6.61 Å². The fourth-order valence-corrected chi connectivity index (χ4v) is 2.61. The molecule has 0 saturated heterocycles. The molecule has 0 atom stereocenters. The van der Waals surface area contributed by atoms with E-state index in [1.54, 1.807) is 12.3 Å². The molecule has 0 aliphatic heterocycles. The number of aliphatic hydroxyl groups excluding tert-OH is 1. The van der Waals surface area contributed by atoms with Crippen molar-refractivity contribution >= 4 is 22.3 Å². The van der Waals surface area contributed by atoms with Crippen molar-refractivity contribution in [2.75, 3.05) is 5.32 Å². The molecule has 3 N–H and O–H groups in total. The average Bonchev–Trinajstić information content (AvgIpc) is 2.95. The molecule has 3 rings (SSSR count). The molecule has 0 radical (unpaired) electrons. The highest BCUT2D eigenvalue weighted by Crippen LogP contribution is 2.29. The van der Waals surface area contributed by atoms with Gasteiger partial charge in [0.05, 0.1) is 18.5 Å². The van der Waals surface area contributed by atoms with Gasteiger partial charge in [0, 0.05) is 10.9 Å². The maximum atomic E-state index is 9.31. The number of hydrogen-bond donors (Lipinski definition) is 2. The third-order valence-electron chi connectivity index (χ3n) is 2.97. The van der Waals surface area contributed by atoms with Gasteiger partial charge in [-0.1, -0.05) is 29.5 Å². The quantitative estimate of drug-likeness (QED) is 0.758. The molecule has 0 bridgehead atoms. The molecule has 112 valence electrons. The van der Waals surface area contributed by atoms with Gasteiger partial charge in [-0.15, -0.1) is 0 Å². The van der Waals surface area contributed by atoms with E-state index in [1.165, 1.54) is 11.3 Å². The van der Waals surface area contributed by atoms with Crippen molar-refractivity contribution in [1.29, 1.82) is 0 Å². The lowest BCUT2D eigenvalue weighted by Crippen LogP contribution is -2.12. The van der Waals surface area contributed by atoms with E-state index < -0.39 is 0 Å². The maximum absolute atomic E-state index is 9.31. The van der Waals surface area contributed by atoms with E-state index in [1.807, 2.05) is 42.6 Å². The van der Waals surface area contributed by atoms with Crippen molar-refractivity contribution in [3.63, 3.8) is 0 Å². The Labute approximate surface area is 132 Å². The van der Waals surface area contributed by atoms with Crippen molar-refractivity contribution in [3.05, 3.63) is 59.2 Å². The highest BCUT2D eigenvalue weighted by atomic mass is 32.1. The molecule has 0 aliphatic carbocycles. The van der Waals surface area contributed by atoms with Crippen LogP contribution in [-0.4, -0.2) is 10.1 Å². The largest absolute Gasteiger partial charge is 0.449 e. The van der Waals surface area contributed by atoms with Crippen LogP contribution in [0.2, 0.25) is 0 Å². The van der Waals surface area contributed by atoms with Crippen molar-refractivity contribution in [2.24, 2.45) is 0 Å². The van der Waals surface area contributed by atoms with Crippen LogP contribution in [0.3, 0.4) is 0 Å². The lowest BCUT2D eigenvalue weighted by atomic mass is 10.3. The topological polar surface area (TPSA) is 68.5 Å². The number of aryl methyl sites for hydroxylation is 1. The van der Waals surface area contributed by atoms with Gasteiger partial charge in [0.15, 0.2) is 0 Å². The number of ether oxygens (including phenoxy) is 1. The molecule has 2 heterocycles. The van der Waals surface area contributed by atoms with E-state index in [0.29, 0.717) is 11.6 Å². The van der Waals surface area contributed by atoms with Crippen LogP contribution in [0.5, 0.6) is 11.5 Å². The summed E-state index contributed by atoms with van der Waals surface area (Å²) < 4.78 is 5.90. The molecule has 2 aromatic heterocycles. The first-order valence-electron chi connectivity index (χ1n) is 6.82. The Kier molecular flexibility index (Phi) is 4.32. The Morgan fingerprint density at radius 2 is 2.14 bits per heavy atom. The number of nitrogens with one attached hydrogen (secondary N) is 2. The van der Waals surface area contributed by atoms with Crippen LogP contribution >= 0.6 is 11.3 Å². The first kappa shape index (κ1) is 14.5. The standard InChI is InChI=1S/C16H15N3O2S/c1-11-10-22-16(18-11)19-15-14(7-12(9-20)8-17-15)21-13-5-3-2-4-6-13/h2-8,10,20H,9H2,1H3,(H,17,18,19)/p+1. The average molecular weight is 314 g/mol. The molecule has 0 fully saturated rings. The first-order valence-corrected chi connectivity index (χ1v) is 7.70. The molecule has 1 aromatic carbocycles. The number of nitrogens with zero attached hydrogens (tertiary/aromatic N) is 1. The number of aromatic amines is 1. The van der Waals surface area contributed by atoms with Crippen LogP contribution < -0.4 is 15.0 Å². The fraction of sp³-hybridized carbons (Fsp3) is 0.125. The highest BCUT2D eigenvalue weighted by Gasteiger charge is 2.16. The van der Waals surface area contributed by atoms with Crippen LogP contribution in [0.1, 0.15) is 11.3 Å². The smallest absolute Gasteiger partial charge is 0.322 e. The number of rotatable bonds is 5. The molecule has 0 amide bonds. The Hall–Kier alpha value is -2.44. The number of para-hydroxylation sites is 1.